The van der Waals surface area contributed by atoms with Crippen LogP contribution in [0.5, 0.6) is 0 Å². The second kappa shape index (κ2) is 7.74. The maximum atomic E-state index is 10.7. The van der Waals surface area contributed by atoms with Crippen LogP contribution in [0.1, 0.15) is 27.2 Å². The van der Waals surface area contributed by atoms with Crippen molar-refractivity contribution in [2.75, 3.05) is 19.0 Å². The minimum atomic E-state index is -0.0370. The highest BCUT2D eigenvalue weighted by Crippen LogP contribution is 2.32. The summed E-state index contributed by atoms with van der Waals surface area (Å²) in [6.07, 6.45) is 4.63. The first-order valence-electron chi connectivity index (χ1n) is 6.01. The highest BCUT2D eigenvalue weighted by atomic mass is 32.2. The highest BCUT2D eigenvalue weighted by molar-refractivity contribution is 8.00. The SMILES string of the molecule is CCOC(C)OCC.O=C1C[C@H]2SCC=CN12. The van der Waals surface area contributed by atoms with Crippen LogP contribution in [0.3, 0.4) is 0 Å². The molecular weight excluding hydrogens is 238 g/mol. The number of β-lactam (4-membered cyclic amide) rings is 1. The molecule has 0 aromatic heterocycles. The summed E-state index contributed by atoms with van der Waals surface area (Å²) in [5, 5.41) is 0.475. The molecule has 0 saturated carbocycles. The highest BCUT2D eigenvalue weighted by Gasteiger charge is 2.35. The van der Waals surface area contributed by atoms with E-state index in [-0.39, 0.29) is 12.2 Å². The van der Waals surface area contributed by atoms with E-state index >= 15 is 0 Å². The molecule has 0 aliphatic carbocycles. The standard InChI is InChI=1S/C6H7NOS.C6H14O2/c8-5-4-6-7(5)2-1-3-9-6;1-4-7-6(3)8-5-2/h1-2,6H,3-4H2;6H,4-5H2,1-3H3/t6-;/m1./s1. The van der Waals surface area contributed by atoms with Crippen LogP contribution in [0, 0.1) is 0 Å². The van der Waals surface area contributed by atoms with E-state index < -0.39 is 0 Å². The third kappa shape index (κ3) is 4.69. The van der Waals surface area contributed by atoms with Crippen LogP contribution in [0.2, 0.25) is 0 Å². The molecule has 0 aromatic carbocycles. The first kappa shape index (κ1) is 14.5. The second-order valence-corrected chi connectivity index (χ2v) is 4.87. The molecule has 98 valence electrons. The molecule has 17 heavy (non-hydrogen) atoms. The van der Waals surface area contributed by atoms with Crippen LogP contribution in [0.4, 0.5) is 0 Å². The van der Waals surface area contributed by atoms with E-state index in [1.54, 1.807) is 4.90 Å². The van der Waals surface area contributed by atoms with Crippen molar-refractivity contribution in [3.8, 4) is 0 Å². The third-order valence-corrected chi connectivity index (χ3v) is 3.56. The van der Waals surface area contributed by atoms with Gasteiger partial charge in [-0.1, -0.05) is 6.08 Å². The van der Waals surface area contributed by atoms with E-state index in [2.05, 4.69) is 0 Å². The summed E-state index contributed by atoms with van der Waals surface area (Å²) in [5.74, 6) is 1.33. The molecule has 0 bridgehead atoms. The quantitative estimate of drug-likeness (QED) is 0.573. The van der Waals surface area contributed by atoms with Gasteiger partial charge in [-0.2, -0.15) is 0 Å². The minimum Gasteiger partial charge on any atom is -0.353 e. The molecule has 0 aromatic rings. The van der Waals surface area contributed by atoms with Crippen molar-refractivity contribution in [3.05, 3.63) is 12.3 Å². The summed E-state index contributed by atoms with van der Waals surface area (Å²) in [6.45, 7) is 7.25. The molecular formula is C12H21NO3S. The van der Waals surface area contributed by atoms with Crippen molar-refractivity contribution in [1.82, 2.24) is 4.90 Å². The Labute approximate surface area is 107 Å². The predicted octanol–water partition coefficient (Wildman–Crippen LogP) is 2.21. The molecule has 1 fully saturated rings. The van der Waals surface area contributed by atoms with E-state index in [0.29, 0.717) is 5.37 Å². The number of thioether (sulfide) groups is 1. The average Bonchev–Trinajstić information content (AvgIpc) is 2.29. The molecule has 2 aliphatic rings. The van der Waals surface area contributed by atoms with Gasteiger partial charge in [0, 0.05) is 25.2 Å². The third-order valence-electron chi connectivity index (χ3n) is 2.40. The van der Waals surface area contributed by atoms with Gasteiger partial charge in [-0.05, 0) is 20.8 Å². The minimum absolute atomic E-state index is 0.0370. The zero-order chi connectivity index (χ0) is 12.7. The number of fused-ring (bicyclic) bond motifs is 1. The maximum Gasteiger partial charge on any atom is 0.230 e. The number of ether oxygens (including phenoxy) is 2. The fraction of sp³-hybridized carbons (Fsp3) is 0.750. The van der Waals surface area contributed by atoms with Gasteiger partial charge in [0.1, 0.15) is 0 Å². The summed E-state index contributed by atoms with van der Waals surface area (Å²) >= 11 is 1.84. The van der Waals surface area contributed by atoms with Gasteiger partial charge in [-0.15, -0.1) is 11.8 Å². The Kier molecular flexibility index (Phi) is 6.62. The van der Waals surface area contributed by atoms with Crippen molar-refractivity contribution < 1.29 is 14.3 Å². The topological polar surface area (TPSA) is 38.8 Å². The monoisotopic (exact) mass is 259 g/mol. The van der Waals surface area contributed by atoms with Gasteiger partial charge in [0.15, 0.2) is 6.29 Å². The molecule has 2 rings (SSSR count). The Morgan fingerprint density at radius 3 is 2.53 bits per heavy atom. The number of rotatable bonds is 4. The van der Waals surface area contributed by atoms with Crippen LogP contribution in [-0.4, -0.2) is 41.4 Å². The van der Waals surface area contributed by atoms with Crippen molar-refractivity contribution >= 4 is 17.7 Å². The lowest BCUT2D eigenvalue weighted by atomic mass is 10.2. The Bertz CT molecular complexity index is 264. The van der Waals surface area contributed by atoms with Crippen molar-refractivity contribution in [3.63, 3.8) is 0 Å². The van der Waals surface area contributed by atoms with Crippen molar-refractivity contribution in [1.29, 1.82) is 0 Å². The summed E-state index contributed by atoms with van der Waals surface area (Å²) in [4.78, 5) is 12.5. The Hall–Kier alpha value is -0.520. The smallest absolute Gasteiger partial charge is 0.230 e. The number of carbonyl (C=O) groups excluding carboxylic acids is 1. The van der Waals surface area contributed by atoms with Crippen LogP contribution < -0.4 is 0 Å². The molecule has 1 saturated heterocycles. The molecule has 0 unspecified atom stereocenters. The zero-order valence-electron chi connectivity index (χ0n) is 10.7. The van der Waals surface area contributed by atoms with Crippen LogP contribution in [0.15, 0.2) is 12.3 Å². The van der Waals surface area contributed by atoms with E-state index in [1.165, 1.54) is 0 Å². The Balaban J connectivity index is 0.000000172. The van der Waals surface area contributed by atoms with Crippen LogP contribution in [-0.2, 0) is 14.3 Å². The molecule has 2 aliphatic heterocycles. The van der Waals surface area contributed by atoms with Gasteiger partial charge in [0.2, 0.25) is 5.91 Å². The zero-order valence-corrected chi connectivity index (χ0v) is 11.5. The summed E-state index contributed by atoms with van der Waals surface area (Å²) in [7, 11) is 0. The Morgan fingerprint density at radius 2 is 2.12 bits per heavy atom. The van der Waals surface area contributed by atoms with Crippen molar-refractivity contribution in [2.24, 2.45) is 0 Å². The van der Waals surface area contributed by atoms with Crippen LogP contribution in [0.25, 0.3) is 0 Å². The summed E-state index contributed by atoms with van der Waals surface area (Å²) < 4.78 is 10.1. The van der Waals surface area contributed by atoms with Gasteiger partial charge < -0.3 is 14.4 Å². The predicted molar refractivity (Wildman–Crippen MR) is 69.6 cm³/mol. The number of nitrogens with zero attached hydrogens (tertiary/aromatic N) is 1. The molecule has 1 amide bonds. The number of hydrogen-bond acceptors (Lipinski definition) is 4. The van der Waals surface area contributed by atoms with Gasteiger partial charge in [-0.25, -0.2) is 0 Å². The van der Waals surface area contributed by atoms with Gasteiger partial charge in [0.25, 0.3) is 0 Å². The lowest BCUT2D eigenvalue weighted by Gasteiger charge is -2.39. The fourth-order valence-corrected chi connectivity index (χ4v) is 2.59. The van der Waals surface area contributed by atoms with E-state index in [9.17, 15) is 4.79 Å². The first-order valence-corrected chi connectivity index (χ1v) is 7.06. The van der Waals surface area contributed by atoms with E-state index in [1.807, 2.05) is 44.8 Å². The molecule has 2 heterocycles. The largest absolute Gasteiger partial charge is 0.353 e. The van der Waals surface area contributed by atoms with Crippen LogP contribution >= 0.6 is 11.8 Å². The van der Waals surface area contributed by atoms with Gasteiger partial charge in [0.05, 0.1) is 11.8 Å². The van der Waals surface area contributed by atoms with Crippen molar-refractivity contribution in [2.45, 2.75) is 38.9 Å². The summed E-state index contributed by atoms with van der Waals surface area (Å²) in [5.41, 5.74) is 0. The molecule has 1 atom stereocenters. The maximum absolute atomic E-state index is 10.7. The second-order valence-electron chi connectivity index (χ2n) is 3.66. The molecule has 0 N–H and O–H groups in total. The number of amides is 1. The van der Waals surface area contributed by atoms with Gasteiger partial charge >= 0.3 is 0 Å². The average molecular weight is 259 g/mol. The molecule has 0 radical (unpaired) electrons. The Morgan fingerprint density at radius 1 is 1.47 bits per heavy atom. The number of carbonyl (C=O) groups is 1. The van der Waals surface area contributed by atoms with E-state index in [4.69, 9.17) is 9.47 Å². The number of hydrogen-bond donors (Lipinski definition) is 0. The summed E-state index contributed by atoms with van der Waals surface area (Å²) in [6, 6.07) is 0. The lowest BCUT2D eigenvalue weighted by molar-refractivity contribution is -0.137. The molecule has 4 nitrogen and oxygen atoms in total. The van der Waals surface area contributed by atoms with E-state index in [0.717, 1.165) is 25.4 Å². The fourth-order valence-electron chi connectivity index (χ4n) is 1.56. The molecule has 5 heteroatoms. The normalized spacial score (nSPS) is 21.8. The first-order chi connectivity index (χ1) is 8.19. The van der Waals surface area contributed by atoms with Gasteiger partial charge in [-0.3, -0.25) is 4.79 Å². The molecule has 0 spiro atoms. The lowest BCUT2D eigenvalue weighted by Crippen LogP contribution is -2.48.